The minimum absolute atomic E-state index is 0.180. The number of nitrogens with zero attached hydrogens (tertiary/aromatic N) is 2. The molecule has 2 aromatic carbocycles. The molecule has 198 valence electrons. The molecule has 8 nitrogen and oxygen atoms in total. The van der Waals surface area contributed by atoms with Crippen molar-refractivity contribution in [2.75, 3.05) is 7.11 Å². The van der Waals surface area contributed by atoms with Gasteiger partial charge in [0.05, 0.1) is 29.7 Å². The van der Waals surface area contributed by atoms with Gasteiger partial charge in [-0.15, -0.1) is 0 Å². The highest BCUT2D eigenvalue weighted by Gasteiger charge is 2.25. The van der Waals surface area contributed by atoms with Gasteiger partial charge in [-0.2, -0.15) is 0 Å². The van der Waals surface area contributed by atoms with Crippen molar-refractivity contribution in [3.63, 3.8) is 0 Å². The van der Waals surface area contributed by atoms with Crippen LogP contribution in [-0.2, 0) is 20.7 Å². The molecule has 8 heteroatoms. The summed E-state index contributed by atoms with van der Waals surface area (Å²) in [7, 11) is 1.39. The second-order valence-electron chi connectivity index (χ2n) is 10.0. The lowest BCUT2D eigenvalue weighted by molar-refractivity contribution is -0.140. The Morgan fingerprint density at radius 3 is 2.41 bits per heavy atom. The predicted molar refractivity (Wildman–Crippen MR) is 144 cm³/mol. The van der Waals surface area contributed by atoms with Crippen molar-refractivity contribution in [2.45, 2.75) is 77.9 Å². The van der Waals surface area contributed by atoms with E-state index in [1.54, 1.807) is 25.3 Å². The van der Waals surface area contributed by atoms with Crippen LogP contribution in [0.5, 0.6) is 0 Å². The quantitative estimate of drug-likeness (QED) is 0.282. The summed E-state index contributed by atoms with van der Waals surface area (Å²) in [6.07, 6.45) is 3.46. The second-order valence-corrected chi connectivity index (χ2v) is 10.0. The number of esters is 1. The van der Waals surface area contributed by atoms with Crippen molar-refractivity contribution < 1.29 is 19.1 Å². The van der Waals surface area contributed by atoms with Gasteiger partial charge < -0.3 is 14.8 Å². The molecule has 1 atom stereocenters. The normalized spacial score (nSPS) is 12.2. The van der Waals surface area contributed by atoms with Crippen LogP contribution in [0.3, 0.4) is 0 Å². The Kier molecular flexibility index (Phi) is 9.44. The van der Waals surface area contributed by atoms with Gasteiger partial charge in [0.2, 0.25) is 0 Å². The molecule has 1 amide bonds. The molecule has 0 spiro atoms. The smallest absolute Gasteiger partial charge is 0.408 e. The molecule has 0 aliphatic carbocycles. The van der Waals surface area contributed by atoms with Gasteiger partial charge in [-0.3, -0.25) is 14.2 Å². The number of aromatic nitrogens is 2. The lowest BCUT2D eigenvalue weighted by atomic mass is 10.0. The number of alkyl carbamates (subject to hydrolysis) is 1. The molecule has 0 radical (unpaired) electrons. The first-order chi connectivity index (χ1) is 17.6. The van der Waals surface area contributed by atoms with E-state index in [9.17, 15) is 14.4 Å². The predicted octanol–water partition coefficient (Wildman–Crippen LogP) is 5.64. The van der Waals surface area contributed by atoms with Crippen LogP contribution in [0.2, 0.25) is 0 Å². The Morgan fingerprint density at radius 2 is 1.76 bits per heavy atom. The summed E-state index contributed by atoms with van der Waals surface area (Å²) in [6.45, 7) is 7.34. The van der Waals surface area contributed by atoms with Crippen LogP contribution in [0, 0.1) is 0 Å². The number of hydrogen-bond acceptors (Lipinski definition) is 6. The van der Waals surface area contributed by atoms with Crippen molar-refractivity contribution >= 4 is 23.0 Å². The topological polar surface area (TPSA) is 99.5 Å². The Bertz CT molecular complexity index is 1280. The maximum Gasteiger partial charge on any atom is 0.408 e. The van der Waals surface area contributed by atoms with Gasteiger partial charge >= 0.3 is 12.1 Å². The van der Waals surface area contributed by atoms with E-state index in [1.807, 2.05) is 55.5 Å². The van der Waals surface area contributed by atoms with Crippen LogP contribution in [0.4, 0.5) is 4.79 Å². The Hall–Kier alpha value is -3.68. The number of unbranched alkanes of at least 4 members (excludes halogenated alkanes) is 2. The Balaban J connectivity index is 2.02. The zero-order valence-corrected chi connectivity index (χ0v) is 22.4. The summed E-state index contributed by atoms with van der Waals surface area (Å²) in [4.78, 5) is 42.9. The number of carbonyl (C=O) groups excluding carboxylic acids is 2. The van der Waals surface area contributed by atoms with Gasteiger partial charge in [-0.05, 0) is 70.2 Å². The molecule has 0 aliphatic heterocycles. The Labute approximate surface area is 218 Å². The molecule has 1 aromatic heterocycles. The first-order valence-corrected chi connectivity index (χ1v) is 12.8. The molecule has 0 aliphatic rings. The standard InChI is InChI=1S/C29H37N3O5/c1-6-22(31-28(35)37-29(2,3)4)26-30-23-18-13-15-20(14-9-7-12-19-24(33)36-5)25(23)27(34)32(26)21-16-10-8-11-17-21/h8,10-11,13,15-18,22H,6-7,9,12,14,19H2,1-5H3,(H,31,35)/t22-/m0/s1. The maximum atomic E-state index is 14.0. The number of hydrogen-bond donors (Lipinski definition) is 1. The van der Waals surface area contributed by atoms with Crippen LogP contribution in [0.1, 0.15) is 77.2 Å². The summed E-state index contributed by atoms with van der Waals surface area (Å²) >= 11 is 0. The van der Waals surface area contributed by atoms with Crippen LogP contribution in [-0.4, -0.2) is 34.3 Å². The fourth-order valence-electron chi connectivity index (χ4n) is 4.25. The van der Waals surface area contributed by atoms with Crippen molar-refractivity contribution in [2.24, 2.45) is 0 Å². The lowest BCUT2D eigenvalue weighted by Gasteiger charge is -2.25. The van der Waals surface area contributed by atoms with E-state index in [1.165, 1.54) is 7.11 Å². The van der Waals surface area contributed by atoms with E-state index in [2.05, 4.69) is 5.32 Å². The van der Waals surface area contributed by atoms with Crippen molar-refractivity contribution in [3.05, 3.63) is 70.3 Å². The number of amides is 1. The summed E-state index contributed by atoms with van der Waals surface area (Å²) in [5, 5.41) is 3.46. The van der Waals surface area contributed by atoms with Gasteiger partial charge in [0.1, 0.15) is 11.4 Å². The van der Waals surface area contributed by atoms with E-state index < -0.39 is 17.7 Å². The number of methoxy groups -OCH3 is 1. The van der Waals surface area contributed by atoms with Gasteiger partial charge in [0, 0.05) is 6.42 Å². The molecule has 0 fully saturated rings. The van der Waals surface area contributed by atoms with Gasteiger partial charge in [-0.1, -0.05) is 43.7 Å². The van der Waals surface area contributed by atoms with E-state index in [0.717, 1.165) is 24.8 Å². The first kappa shape index (κ1) is 27.9. The van der Waals surface area contributed by atoms with Gasteiger partial charge in [0.15, 0.2) is 0 Å². The van der Waals surface area contributed by atoms with E-state index in [4.69, 9.17) is 14.5 Å². The zero-order valence-electron chi connectivity index (χ0n) is 22.4. The summed E-state index contributed by atoms with van der Waals surface area (Å²) in [5.41, 5.74) is 1.35. The summed E-state index contributed by atoms with van der Waals surface area (Å²) < 4.78 is 11.8. The SMILES string of the molecule is CC[C@H](NC(=O)OC(C)(C)C)c1nc2cccc(CCCCCC(=O)OC)c2c(=O)n1-c1ccccc1. The largest absolute Gasteiger partial charge is 0.469 e. The highest BCUT2D eigenvalue weighted by atomic mass is 16.6. The van der Waals surface area contributed by atoms with Crippen molar-refractivity contribution in [1.82, 2.24) is 14.9 Å². The minimum Gasteiger partial charge on any atom is -0.469 e. The molecule has 3 aromatic rings. The van der Waals surface area contributed by atoms with Crippen LogP contribution < -0.4 is 10.9 Å². The van der Waals surface area contributed by atoms with Crippen LogP contribution >= 0.6 is 0 Å². The number of para-hydroxylation sites is 1. The zero-order chi connectivity index (χ0) is 27.0. The van der Waals surface area contributed by atoms with E-state index in [0.29, 0.717) is 41.7 Å². The fourth-order valence-corrected chi connectivity index (χ4v) is 4.25. The van der Waals surface area contributed by atoms with Crippen LogP contribution in [0.15, 0.2) is 53.3 Å². The number of benzene rings is 2. The third-order valence-electron chi connectivity index (χ3n) is 5.99. The monoisotopic (exact) mass is 507 g/mol. The molecular formula is C29H37N3O5. The molecule has 3 rings (SSSR count). The molecule has 0 unspecified atom stereocenters. The number of ether oxygens (including phenoxy) is 2. The third-order valence-corrected chi connectivity index (χ3v) is 5.99. The number of nitrogens with one attached hydrogen (secondary N) is 1. The average molecular weight is 508 g/mol. The van der Waals surface area contributed by atoms with Crippen molar-refractivity contribution in [1.29, 1.82) is 0 Å². The molecule has 0 saturated carbocycles. The lowest BCUT2D eigenvalue weighted by Crippen LogP contribution is -2.37. The second kappa shape index (κ2) is 12.5. The fraction of sp³-hybridized carbons (Fsp3) is 0.448. The molecular weight excluding hydrogens is 470 g/mol. The number of carbonyl (C=O) groups is 2. The van der Waals surface area contributed by atoms with Crippen LogP contribution in [0.25, 0.3) is 16.6 Å². The van der Waals surface area contributed by atoms with E-state index in [-0.39, 0.29) is 11.5 Å². The van der Waals surface area contributed by atoms with Gasteiger partial charge in [0.25, 0.3) is 5.56 Å². The number of aryl methyl sites for hydroxylation is 1. The molecule has 1 heterocycles. The number of rotatable bonds is 10. The van der Waals surface area contributed by atoms with Crippen molar-refractivity contribution in [3.8, 4) is 5.69 Å². The Morgan fingerprint density at radius 1 is 1.03 bits per heavy atom. The summed E-state index contributed by atoms with van der Waals surface area (Å²) in [5.74, 6) is 0.241. The maximum absolute atomic E-state index is 14.0. The highest BCUT2D eigenvalue weighted by Crippen LogP contribution is 2.23. The molecule has 0 bridgehead atoms. The minimum atomic E-state index is -0.649. The third kappa shape index (κ3) is 7.41. The van der Waals surface area contributed by atoms with E-state index >= 15 is 0 Å². The van der Waals surface area contributed by atoms with Gasteiger partial charge in [-0.25, -0.2) is 9.78 Å². The summed E-state index contributed by atoms with van der Waals surface area (Å²) in [6, 6.07) is 14.5. The number of fused-ring (bicyclic) bond motifs is 1. The molecule has 1 N–H and O–H groups in total. The average Bonchev–Trinajstić information content (AvgIpc) is 2.86. The molecule has 0 saturated heterocycles. The first-order valence-electron chi connectivity index (χ1n) is 12.8. The highest BCUT2D eigenvalue weighted by molar-refractivity contribution is 5.82. The molecule has 37 heavy (non-hydrogen) atoms.